The van der Waals surface area contributed by atoms with Crippen molar-refractivity contribution in [2.75, 3.05) is 6.79 Å². The average molecular weight is 424 g/mol. The van der Waals surface area contributed by atoms with Gasteiger partial charge in [-0.05, 0) is 18.4 Å². The van der Waals surface area contributed by atoms with Crippen LogP contribution in [0.25, 0.3) is 0 Å². The molecule has 0 unspecified atom stereocenters. The molecule has 2 aliphatic rings. The van der Waals surface area contributed by atoms with Crippen LogP contribution in [0.3, 0.4) is 0 Å². The summed E-state index contributed by atoms with van der Waals surface area (Å²) in [6.07, 6.45) is 2.29. The third-order valence-electron chi connectivity index (χ3n) is 5.21. The minimum absolute atomic E-state index is 0.0443. The molecule has 0 amide bonds. The van der Waals surface area contributed by atoms with Crippen LogP contribution in [0.5, 0.6) is 5.75 Å². The molecule has 1 fully saturated rings. The number of hydrogen-bond acceptors (Lipinski definition) is 7. The molecule has 8 nitrogen and oxygen atoms in total. The summed E-state index contributed by atoms with van der Waals surface area (Å²) in [6, 6.07) is 13.3. The van der Waals surface area contributed by atoms with Crippen molar-refractivity contribution in [3.05, 3.63) is 75.1 Å². The Balaban J connectivity index is 1.43. The van der Waals surface area contributed by atoms with Crippen molar-refractivity contribution < 1.29 is 14.4 Å². The van der Waals surface area contributed by atoms with E-state index in [1.165, 1.54) is 23.4 Å². The summed E-state index contributed by atoms with van der Waals surface area (Å²) < 4.78 is 13.1. The smallest absolute Gasteiger partial charge is 0.270 e. The fraction of sp³-hybridized carbons (Fsp3) is 0.333. The summed E-state index contributed by atoms with van der Waals surface area (Å²) in [6.45, 7) is 1.17. The van der Waals surface area contributed by atoms with E-state index in [2.05, 4.69) is 26.9 Å². The molecule has 0 atom stereocenters. The van der Waals surface area contributed by atoms with Crippen molar-refractivity contribution >= 4 is 17.4 Å². The van der Waals surface area contributed by atoms with Gasteiger partial charge < -0.3 is 14.0 Å². The quantitative estimate of drug-likeness (QED) is 0.318. The summed E-state index contributed by atoms with van der Waals surface area (Å²) in [4.78, 5) is 11.0. The predicted octanol–water partition coefficient (Wildman–Crippen LogP) is 4.27. The molecule has 3 aromatic rings. The van der Waals surface area contributed by atoms with Crippen molar-refractivity contribution in [3.63, 3.8) is 0 Å². The minimum Gasteiger partial charge on any atom is -0.467 e. The second-order valence-electron chi connectivity index (χ2n) is 7.44. The molecule has 2 aromatic carbocycles. The van der Waals surface area contributed by atoms with E-state index in [0.29, 0.717) is 36.1 Å². The molecule has 2 heterocycles. The van der Waals surface area contributed by atoms with E-state index in [0.717, 1.165) is 29.4 Å². The Morgan fingerprint density at radius 1 is 1.20 bits per heavy atom. The van der Waals surface area contributed by atoms with Crippen LogP contribution in [0, 0.1) is 10.1 Å². The standard InChI is InChI=1S/C21H20N4O4S/c26-25(27)18-8-16-11-28-13-29-19(16)17(9-18)12-30-21-23-22-20(15-6-7-15)24(21)10-14-4-2-1-3-5-14/h1-5,8-9,15H,6-7,10-13H2. The number of ether oxygens (including phenoxy) is 2. The first-order valence-electron chi connectivity index (χ1n) is 9.79. The van der Waals surface area contributed by atoms with Crippen LogP contribution in [-0.2, 0) is 23.6 Å². The zero-order valence-corrected chi connectivity index (χ0v) is 17.0. The Labute approximate surface area is 177 Å². The summed E-state index contributed by atoms with van der Waals surface area (Å²) in [5, 5.41) is 21.0. The maximum atomic E-state index is 11.3. The van der Waals surface area contributed by atoms with E-state index >= 15 is 0 Å². The molecule has 0 N–H and O–H groups in total. The van der Waals surface area contributed by atoms with E-state index in [1.54, 1.807) is 6.07 Å². The number of nitrogens with zero attached hydrogens (tertiary/aromatic N) is 4. The number of fused-ring (bicyclic) bond motifs is 1. The van der Waals surface area contributed by atoms with Crippen molar-refractivity contribution in [2.24, 2.45) is 0 Å². The second kappa shape index (κ2) is 8.08. The SMILES string of the molecule is O=[N+]([O-])c1cc2c(c(CSc3nnc(C4CC4)n3Cc3ccccc3)c1)OCOC2. The van der Waals surface area contributed by atoms with E-state index in [-0.39, 0.29) is 17.4 Å². The lowest BCUT2D eigenvalue weighted by Gasteiger charge is -2.20. The number of hydrogen-bond donors (Lipinski definition) is 0. The van der Waals surface area contributed by atoms with E-state index in [9.17, 15) is 10.1 Å². The Kier molecular flexibility index (Phi) is 5.14. The third kappa shape index (κ3) is 3.90. The summed E-state index contributed by atoms with van der Waals surface area (Å²) in [5.41, 5.74) is 2.71. The maximum Gasteiger partial charge on any atom is 0.270 e. The number of non-ortho nitro benzene ring substituents is 1. The zero-order valence-electron chi connectivity index (χ0n) is 16.2. The molecule has 5 rings (SSSR count). The van der Waals surface area contributed by atoms with Gasteiger partial charge in [0.25, 0.3) is 5.69 Å². The molecule has 0 radical (unpaired) electrons. The topological polar surface area (TPSA) is 92.3 Å². The number of thioether (sulfide) groups is 1. The number of nitro benzene ring substituents is 1. The highest BCUT2D eigenvalue weighted by atomic mass is 32.2. The summed E-state index contributed by atoms with van der Waals surface area (Å²) in [5.74, 6) is 2.67. The van der Waals surface area contributed by atoms with Crippen LogP contribution in [0.2, 0.25) is 0 Å². The number of benzene rings is 2. The van der Waals surface area contributed by atoms with Gasteiger partial charge in [-0.2, -0.15) is 0 Å². The lowest BCUT2D eigenvalue weighted by atomic mass is 10.1. The molecule has 9 heteroatoms. The Morgan fingerprint density at radius 2 is 2.03 bits per heavy atom. The van der Waals surface area contributed by atoms with Gasteiger partial charge in [-0.3, -0.25) is 10.1 Å². The van der Waals surface area contributed by atoms with Crippen LogP contribution in [0.4, 0.5) is 5.69 Å². The van der Waals surface area contributed by atoms with Gasteiger partial charge in [0.15, 0.2) is 11.9 Å². The van der Waals surface area contributed by atoms with Crippen LogP contribution in [-0.4, -0.2) is 26.5 Å². The van der Waals surface area contributed by atoms with Gasteiger partial charge >= 0.3 is 0 Å². The average Bonchev–Trinajstić information content (AvgIpc) is 3.54. The van der Waals surface area contributed by atoms with Crippen molar-refractivity contribution in [1.82, 2.24) is 14.8 Å². The molecule has 30 heavy (non-hydrogen) atoms. The van der Waals surface area contributed by atoms with E-state index in [4.69, 9.17) is 9.47 Å². The minimum atomic E-state index is -0.383. The van der Waals surface area contributed by atoms with Crippen molar-refractivity contribution in [3.8, 4) is 5.75 Å². The fourth-order valence-electron chi connectivity index (χ4n) is 3.60. The van der Waals surface area contributed by atoms with E-state index < -0.39 is 0 Å². The van der Waals surface area contributed by atoms with Crippen LogP contribution >= 0.6 is 11.8 Å². The number of nitro groups is 1. The molecular formula is C21H20N4O4S. The first-order chi connectivity index (χ1) is 14.7. The van der Waals surface area contributed by atoms with E-state index in [1.807, 2.05) is 18.2 Å². The Bertz CT molecular complexity index is 1080. The van der Waals surface area contributed by atoms with Crippen LogP contribution in [0.1, 0.15) is 41.3 Å². The largest absolute Gasteiger partial charge is 0.467 e. The van der Waals surface area contributed by atoms with Gasteiger partial charge in [0.1, 0.15) is 11.6 Å². The molecule has 1 aromatic heterocycles. The monoisotopic (exact) mass is 424 g/mol. The van der Waals surface area contributed by atoms with Crippen LogP contribution < -0.4 is 4.74 Å². The highest BCUT2D eigenvalue weighted by Crippen LogP contribution is 2.41. The maximum absolute atomic E-state index is 11.3. The van der Waals surface area contributed by atoms with Gasteiger partial charge in [-0.1, -0.05) is 42.1 Å². The molecule has 0 spiro atoms. The van der Waals surface area contributed by atoms with Gasteiger partial charge in [-0.15, -0.1) is 10.2 Å². The normalized spacial score (nSPS) is 15.5. The lowest BCUT2D eigenvalue weighted by molar-refractivity contribution is -0.385. The van der Waals surface area contributed by atoms with Crippen LogP contribution in [0.15, 0.2) is 47.6 Å². The lowest BCUT2D eigenvalue weighted by Crippen LogP contribution is -2.13. The summed E-state index contributed by atoms with van der Waals surface area (Å²) in [7, 11) is 0. The molecule has 0 bridgehead atoms. The zero-order chi connectivity index (χ0) is 20.5. The van der Waals surface area contributed by atoms with Gasteiger partial charge in [0.05, 0.1) is 18.1 Å². The second-order valence-corrected chi connectivity index (χ2v) is 8.38. The number of aromatic nitrogens is 3. The van der Waals surface area contributed by atoms with Gasteiger partial charge in [-0.25, -0.2) is 0 Å². The molecule has 1 aliphatic carbocycles. The molecule has 0 saturated heterocycles. The fourth-order valence-corrected chi connectivity index (χ4v) is 4.51. The third-order valence-corrected chi connectivity index (χ3v) is 6.23. The van der Waals surface area contributed by atoms with Crippen molar-refractivity contribution in [2.45, 2.75) is 42.8 Å². The Hall–Kier alpha value is -2.91. The number of rotatable bonds is 7. The molecule has 1 saturated carbocycles. The van der Waals surface area contributed by atoms with Crippen molar-refractivity contribution in [1.29, 1.82) is 0 Å². The first kappa shape index (κ1) is 19.1. The molecule has 154 valence electrons. The first-order valence-corrected chi connectivity index (χ1v) is 10.8. The van der Waals surface area contributed by atoms with Gasteiger partial charge in [0.2, 0.25) is 0 Å². The Morgan fingerprint density at radius 3 is 2.80 bits per heavy atom. The highest BCUT2D eigenvalue weighted by molar-refractivity contribution is 7.98. The molecule has 1 aliphatic heterocycles. The van der Waals surface area contributed by atoms with Gasteiger partial charge in [0, 0.05) is 34.9 Å². The predicted molar refractivity (Wildman–Crippen MR) is 110 cm³/mol. The summed E-state index contributed by atoms with van der Waals surface area (Å²) >= 11 is 1.52. The highest BCUT2D eigenvalue weighted by Gasteiger charge is 2.30. The molecular weight excluding hydrogens is 404 g/mol.